The Labute approximate surface area is 374 Å². The Bertz CT molecular complexity index is 1520. The summed E-state index contributed by atoms with van der Waals surface area (Å²) in [6.45, 7) is 25.1. The molecule has 8 aliphatic carbocycles. The van der Waals surface area contributed by atoms with Gasteiger partial charge < -0.3 is 9.47 Å². The smallest absolute Gasteiger partial charge is 0.317 e. The third-order valence-corrected chi connectivity index (χ3v) is 21.4. The summed E-state index contributed by atoms with van der Waals surface area (Å²) in [6, 6.07) is 0. The zero-order valence-electron chi connectivity index (χ0n) is 41.1. The first kappa shape index (κ1) is 46.0. The second-order valence-corrected chi connectivity index (χ2v) is 25.5. The van der Waals surface area contributed by atoms with Gasteiger partial charge in [0.1, 0.15) is 18.6 Å². The van der Waals surface area contributed by atoms with E-state index in [2.05, 4.69) is 81.4 Å². The third kappa shape index (κ3) is 8.67. The van der Waals surface area contributed by atoms with Gasteiger partial charge in [-0.05, 0) is 183 Å². The van der Waals surface area contributed by atoms with Gasteiger partial charge in [-0.3, -0.25) is 9.59 Å². The molecule has 344 valence electrons. The molecule has 0 aromatic carbocycles. The van der Waals surface area contributed by atoms with Gasteiger partial charge in [0, 0.05) is 12.8 Å². The van der Waals surface area contributed by atoms with Crippen LogP contribution in [0.4, 0.5) is 0 Å². The Morgan fingerprint density at radius 3 is 1.34 bits per heavy atom. The number of hydrogen-bond acceptors (Lipinski definition) is 4. The highest BCUT2D eigenvalue weighted by atomic mass is 16.6. The van der Waals surface area contributed by atoms with Gasteiger partial charge in [-0.15, -0.1) is 0 Å². The molecule has 0 aromatic rings. The Hall–Kier alpha value is -1.58. The molecular formula is C57H92O4. The number of esters is 2. The molecule has 4 nitrogen and oxygen atoms in total. The van der Waals surface area contributed by atoms with Crippen LogP contribution >= 0.6 is 0 Å². The molecule has 0 aromatic heterocycles. The highest BCUT2D eigenvalue weighted by molar-refractivity contribution is 5.91. The van der Waals surface area contributed by atoms with Crippen molar-refractivity contribution in [2.75, 3.05) is 0 Å². The van der Waals surface area contributed by atoms with Crippen molar-refractivity contribution >= 4 is 11.9 Å². The van der Waals surface area contributed by atoms with Crippen LogP contribution in [-0.2, 0) is 19.1 Å². The van der Waals surface area contributed by atoms with Gasteiger partial charge in [-0.25, -0.2) is 0 Å². The summed E-state index contributed by atoms with van der Waals surface area (Å²) in [5.41, 5.74) is 4.51. The van der Waals surface area contributed by atoms with Gasteiger partial charge in [0.2, 0.25) is 0 Å². The second kappa shape index (κ2) is 18.0. The molecule has 0 radical (unpaired) electrons. The van der Waals surface area contributed by atoms with Crippen molar-refractivity contribution in [3.8, 4) is 0 Å². The largest absolute Gasteiger partial charge is 0.462 e. The lowest BCUT2D eigenvalue weighted by atomic mass is 9.47. The van der Waals surface area contributed by atoms with Crippen molar-refractivity contribution in [1.82, 2.24) is 0 Å². The quantitative estimate of drug-likeness (QED) is 0.0993. The SMILES string of the molecule is CC(C)CCC[C@@H](C)[C@H]1CC[C@H]2[C@@H]3CC=C4C[C@@H](OC(=O)CC(=O)O[C@H]5CC[C@@]6(C)C(=CC[C@H]7[C@@H]8CC[C@H]([C@H](C)CCCC(C)C)[C@@]8(C)CC[C@@H]76)C5)CC[C@]4(C)[C@H]3CC[C@]12C. The van der Waals surface area contributed by atoms with Gasteiger partial charge >= 0.3 is 11.9 Å². The molecule has 0 spiro atoms. The van der Waals surface area contributed by atoms with Crippen molar-refractivity contribution in [1.29, 1.82) is 0 Å². The standard InChI is InChI=1S/C57H92O4/c1-36(2)13-11-15-38(5)46-21-23-48-44-19-17-40-33-42(25-29-54(40,7)50(44)27-31-56(46,48)9)60-52(58)35-53(59)61-43-26-30-55(8)41(34-43)18-20-45-49-24-22-47(39(6)16-12-14-37(3)4)57(49,10)32-28-51(45)55/h17-18,36-39,42-51H,11-16,19-35H2,1-10H3/t38-,39-,42+,43+,44+,45+,46-,47-,48+,49+,50+,51+,54+,55+,56-,57-/m1/s1. The second-order valence-electron chi connectivity index (χ2n) is 25.5. The summed E-state index contributed by atoms with van der Waals surface area (Å²) >= 11 is 0. The summed E-state index contributed by atoms with van der Waals surface area (Å²) in [5.74, 6) is 9.09. The maximum atomic E-state index is 13.3. The van der Waals surface area contributed by atoms with Gasteiger partial charge in [-0.1, -0.05) is 131 Å². The van der Waals surface area contributed by atoms with Crippen LogP contribution in [0.25, 0.3) is 0 Å². The first-order chi connectivity index (χ1) is 29.0. The maximum absolute atomic E-state index is 13.3. The van der Waals surface area contributed by atoms with Crippen LogP contribution in [0, 0.1) is 92.7 Å². The van der Waals surface area contributed by atoms with Gasteiger partial charge in [0.05, 0.1) is 0 Å². The van der Waals surface area contributed by atoms with Crippen molar-refractivity contribution in [3.63, 3.8) is 0 Å². The average molecular weight is 841 g/mol. The van der Waals surface area contributed by atoms with Crippen molar-refractivity contribution in [3.05, 3.63) is 23.3 Å². The van der Waals surface area contributed by atoms with Crippen molar-refractivity contribution in [2.24, 2.45) is 92.7 Å². The first-order valence-electron chi connectivity index (χ1n) is 26.7. The molecule has 8 rings (SSSR count). The molecule has 4 heteroatoms. The molecule has 0 bridgehead atoms. The molecule has 0 N–H and O–H groups in total. The highest BCUT2D eigenvalue weighted by Gasteiger charge is 2.61. The van der Waals surface area contributed by atoms with E-state index < -0.39 is 11.9 Å². The van der Waals surface area contributed by atoms with Crippen LogP contribution in [0.2, 0.25) is 0 Å². The van der Waals surface area contributed by atoms with Crippen LogP contribution in [0.5, 0.6) is 0 Å². The monoisotopic (exact) mass is 841 g/mol. The van der Waals surface area contributed by atoms with Crippen molar-refractivity contribution < 1.29 is 19.1 Å². The van der Waals surface area contributed by atoms with E-state index in [9.17, 15) is 9.59 Å². The Balaban J connectivity index is 0.808. The van der Waals surface area contributed by atoms with E-state index >= 15 is 0 Å². The molecule has 0 heterocycles. The molecular weight excluding hydrogens is 749 g/mol. The average Bonchev–Trinajstić information content (AvgIpc) is 3.74. The van der Waals surface area contributed by atoms with E-state index in [1.54, 1.807) is 0 Å². The number of fused-ring (bicyclic) bond motifs is 10. The van der Waals surface area contributed by atoms with Crippen LogP contribution in [0.3, 0.4) is 0 Å². The minimum absolute atomic E-state index is 0.121. The van der Waals surface area contributed by atoms with Crippen LogP contribution in [-0.4, -0.2) is 24.1 Å². The molecule has 0 saturated heterocycles. The first-order valence-corrected chi connectivity index (χ1v) is 26.7. The molecule has 6 fully saturated rings. The topological polar surface area (TPSA) is 52.6 Å². The number of carbonyl (C=O) groups is 2. The molecule has 0 aliphatic heterocycles. The number of ether oxygens (including phenoxy) is 2. The zero-order valence-corrected chi connectivity index (χ0v) is 41.1. The van der Waals surface area contributed by atoms with Crippen LogP contribution in [0.1, 0.15) is 217 Å². The zero-order chi connectivity index (χ0) is 43.5. The Morgan fingerprint density at radius 1 is 0.541 bits per heavy atom. The fourth-order valence-electron chi connectivity index (χ4n) is 18.1. The summed E-state index contributed by atoms with van der Waals surface area (Å²) < 4.78 is 12.2. The fourth-order valence-corrected chi connectivity index (χ4v) is 18.1. The Morgan fingerprint density at radius 2 is 0.951 bits per heavy atom. The van der Waals surface area contributed by atoms with Crippen LogP contribution in [0.15, 0.2) is 23.3 Å². The lowest BCUT2D eigenvalue weighted by molar-refractivity contribution is -0.162. The minimum atomic E-state index is -0.393. The normalized spacial score (nSPS) is 43.7. The summed E-state index contributed by atoms with van der Waals surface area (Å²) in [4.78, 5) is 26.6. The number of allylic oxidation sites excluding steroid dienone is 2. The van der Waals surface area contributed by atoms with E-state index in [1.165, 1.54) is 114 Å². The van der Waals surface area contributed by atoms with E-state index in [0.717, 1.165) is 110 Å². The van der Waals surface area contributed by atoms with Crippen molar-refractivity contribution in [2.45, 2.75) is 229 Å². The number of carbonyl (C=O) groups excluding carboxylic acids is 2. The fraction of sp³-hybridized carbons (Fsp3) is 0.895. The van der Waals surface area contributed by atoms with Gasteiger partial charge in [0.25, 0.3) is 0 Å². The molecule has 6 saturated carbocycles. The van der Waals surface area contributed by atoms with E-state index in [1.807, 2.05) is 0 Å². The van der Waals surface area contributed by atoms with E-state index in [-0.39, 0.29) is 29.5 Å². The van der Waals surface area contributed by atoms with Gasteiger partial charge in [-0.2, -0.15) is 0 Å². The lowest BCUT2D eigenvalue weighted by Crippen LogP contribution is -2.51. The number of hydrogen-bond donors (Lipinski definition) is 0. The van der Waals surface area contributed by atoms with Gasteiger partial charge in [0.15, 0.2) is 0 Å². The summed E-state index contributed by atoms with van der Waals surface area (Å²) in [6.07, 6.45) is 32.3. The molecule has 0 unspecified atom stereocenters. The lowest BCUT2D eigenvalue weighted by Gasteiger charge is -2.58. The highest BCUT2D eigenvalue weighted by Crippen LogP contribution is 2.69. The predicted molar refractivity (Wildman–Crippen MR) is 250 cm³/mol. The molecule has 0 amide bonds. The Kier molecular flexibility index (Phi) is 13.6. The summed E-state index contributed by atoms with van der Waals surface area (Å²) in [7, 11) is 0. The van der Waals surface area contributed by atoms with Crippen LogP contribution < -0.4 is 0 Å². The maximum Gasteiger partial charge on any atom is 0.317 e. The predicted octanol–water partition coefficient (Wildman–Crippen LogP) is 15.3. The summed E-state index contributed by atoms with van der Waals surface area (Å²) in [5, 5.41) is 0. The van der Waals surface area contributed by atoms with E-state index in [4.69, 9.17) is 9.47 Å². The molecule has 61 heavy (non-hydrogen) atoms. The molecule has 16 atom stereocenters. The third-order valence-electron chi connectivity index (χ3n) is 21.4. The minimum Gasteiger partial charge on any atom is -0.462 e. The van der Waals surface area contributed by atoms with E-state index in [0.29, 0.717) is 10.8 Å². The molecule has 8 aliphatic rings. The number of rotatable bonds is 14.